The van der Waals surface area contributed by atoms with Crippen molar-refractivity contribution in [3.8, 4) is 11.5 Å². The zero-order valence-electron chi connectivity index (χ0n) is 18.9. The Kier molecular flexibility index (Phi) is 6.87. The minimum atomic E-state index is -1.03. The van der Waals surface area contributed by atoms with Gasteiger partial charge in [-0.3, -0.25) is 9.78 Å². The number of hydrogen-bond donors (Lipinski definition) is 1. The first kappa shape index (κ1) is 23.0. The summed E-state index contributed by atoms with van der Waals surface area (Å²) in [6.07, 6.45) is 1.87. The van der Waals surface area contributed by atoms with Gasteiger partial charge in [0.05, 0.1) is 0 Å². The van der Waals surface area contributed by atoms with Gasteiger partial charge in [-0.2, -0.15) is 4.91 Å². The van der Waals surface area contributed by atoms with Crippen LogP contribution in [0.25, 0.3) is 11.5 Å². The Bertz CT molecular complexity index is 1300. The van der Waals surface area contributed by atoms with Gasteiger partial charge in [-0.15, -0.1) is 10.2 Å². The smallest absolute Gasteiger partial charge is 0.312 e. The van der Waals surface area contributed by atoms with Gasteiger partial charge in [0.1, 0.15) is 12.5 Å². The highest BCUT2D eigenvalue weighted by molar-refractivity contribution is 5.68. The van der Waals surface area contributed by atoms with Crippen LogP contribution in [-0.2, 0) is 11.2 Å². The summed E-state index contributed by atoms with van der Waals surface area (Å²) < 4.78 is 5.47. The topological polar surface area (TPSA) is 119 Å². The molecule has 0 saturated heterocycles. The second kappa shape index (κ2) is 10.2. The number of rotatable bonds is 9. The number of nitroso groups, excluding NO2 is 1. The lowest BCUT2D eigenvalue weighted by atomic mass is 9.82. The molecular weight excluding hydrogens is 432 g/mol. The van der Waals surface area contributed by atoms with Crippen LogP contribution in [0.15, 0.2) is 76.5 Å². The highest BCUT2D eigenvalue weighted by Gasteiger charge is 2.24. The van der Waals surface area contributed by atoms with Crippen molar-refractivity contribution < 1.29 is 14.3 Å². The number of aromatic nitrogens is 3. The molecular formula is C26H24N4O4. The molecule has 2 atom stereocenters. The lowest BCUT2D eigenvalue weighted by molar-refractivity contribution is -0.136. The van der Waals surface area contributed by atoms with Crippen molar-refractivity contribution in [2.75, 3.05) is 0 Å². The van der Waals surface area contributed by atoms with E-state index in [4.69, 9.17) is 9.52 Å². The molecule has 4 aromatic rings. The van der Waals surface area contributed by atoms with Gasteiger partial charge in [-0.1, -0.05) is 41.6 Å². The molecule has 2 heterocycles. The standard InChI is InChI=1S/C26H24N4O4/c1-16-5-3-4-6-21(16)22(14-23(30-33)20-11-12-27-17(2)13-20)18-7-9-19(10-8-18)26-29-28-24(34-26)15-25(31)32/h3-13,22-23H,14-15H2,1-2H3,(H,31,32). The third kappa shape index (κ3) is 5.23. The van der Waals surface area contributed by atoms with Crippen molar-refractivity contribution in [2.24, 2.45) is 5.18 Å². The first-order chi connectivity index (χ1) is 16.4. The maximum Gasteiger partial charge on any atom is 0.312 e. The summed E-state index contributed by atoms with van der Waals surface area (Å²) in [6.45, 7) is 3.95. The molecule has 0 aliphatic heterocycles. The fourth-order valence-electron chi connectivity index (χ4n) is 4.09. The number of carboxylic acid groups (broad SMARTS) is 1. The number of aryl methyl sites for hydroxylation is 2. The fourth-order valence-corrected chi connectivity index (χ4v) is 4.09. The van der Waals surface area contributed by atoms with E-state index in [2.05, 4.69) is 39.4 Å². The second-order valence-corrected chi connectivity index (χ2v) is 8.19. The van der Waals surface area contributed by atoms with E-state index in [1.807, 2.05) is 55.5 Å². The molecule has 0 radical (unpaired) electrons. The van der Waals surface area contributed by atoms with Crippen molar-refractivity contribution in [3.05, 3.63) is 106 Å². The van der Waals surface area contributed by atoms with Crippen LogP contribution in [0.3, 0.4) is 0 Å². The Morgan fingerprint density at radius 1 is 1.03 bits per heavy atom. The normalized spacial score (nSPS) is 12.8. The molecule has 2 unspecified atom stereocenters. The van der Waals surface area contributed by atoms with Gasteiger partial charge in [-0.05, 0) is 66.8 Å². The molecule has 0 bridgehead atoms. The summed E-state index contributed by atoms with van der Waals surface area (Å²) in [7, 11) is 0. The maximum absolute atomic E-state index is 11.9. The average molecular weight is 457 g/mol. The quantitative estimate of drug-likeness (QED) is 0.335. The first-order valence-corrected chi connectivity index (χ1v) is 10.9. The Labute approximate surface area is 196 Å². The number of carboxylic acids is 1. The first-order valence-electron chi connectivity index (χ1n) is 10.9. The van der Waals surface area contributed by atoms with Crippen molar-refractivity contribution in [1.82, 2.24) is 15.2 Å². The van der Waals surface area contributed by atoms with Crippen LogP contribution in [0.2, 0.25) is 0 Å². The number of hydrogen-bond acceptors (Lipinski definition) is 7. The van der Waals surface area contributed by atoms with Crippen LogP contribution < -0.4 is 0 Å². The molecule has 0 aliphatic carbocycles. The number of aliphatic carboxylic acids is 1. The summed E-state index contributed by atoms with van der Waals surface area (Å²) >= 11 is 0. The highest BCUT2D eigenvalue weighted by Crippen LogP contribution is 2.37. The highest BCUT2D eigenvalue weighted by atomic mass is 16.4. The SMILES string of the molecule is Cc1cc(C(CC(c2ccc(-c3nnc(CC(=O)O)o3)cc2)c2ccccc2C)N=O)ccn1. The van der Waals surface area contributed by atoms with E-state index in [1.165, 1.54) is 0 Å². The Hall–Kier alpha value is -4.20. The third-order valence-electron chi connectivity index (χ3n) is 5.78. The third-order valence-corrected chi connectivity index (χ3v) is 5.78. The zero-order valence-corrected chi connectivity index (χ0v) is 18.9. The number of carbonyl (C=O) groups is 1. The van der Waals surface area contributed by atoms with E-state index in [9.17, 15) is 9.70 Å². The van der Waals surface area contributed by atoms with E-state index in [0.29, 0.717) is 12.0 Å². The van der Waals surface area contributed by atoms with E-state index < -0.39 is 12.0 Å². The lowest BCUT2D eigenvalue weighted by Gasteiger charge is -2.23. The van der Waals surface area contributed by atoms with E-state index in [0.717, 1.165) is 27.9 Å². The van der Waals surface area contributed by atoms with Crippen molar-refractivity contribution in [3.63, 3.8) is 0 Å². The van der Waals surface area contributed by atoms with Crippen LogP contribution in [0.5, 0.6) is 0 Å². The largest absolute Gasteiger partial charge is 0.481 e. The predicted molar refractivity (Wildman–Crippen MR) is 126 cm³/mol. The summed E-state index contributed by atoms with van der Waals surface area (Å²) in [5.41, 5.74) is 5.63. The molecule has 4 rings (SSSR count). The zero-order chi connectivity index (χ0) is 24.1. The van der Waals surface area contributed by atoms with Crippen molar-refractivity contribution >= 4 is 5.97 Å². The van der Waals surface area contributed by atoms with Crippen LogP contribution in [0, 0.1) is 18.8 Å². The lowest BCUT2D eigenvalue weighted by Crippen LogP contribution is -2.09. The van der Waals surface area contributed by atoms with Gasteiger partial charge in [0.2, 0.25) is 11.8 Å². The molecule has 2 aromatic carbocycles. The van der Waals surface area contributed by atoms with Crippen molar-refractivity contribution in [1.29, 1.82) is 0 Å². The predicted octanol–water partition coefficient (Wildman–Crippen LogP) is 5.41. The second-order valence-electron chi connectivity index (χ2n) is 8.19. The molecule has 172 valence electrons. The fraction of sp³-hybridized carbons (Fsp3) is 0.231. The van der Waals surface area contributed by atoms with Gasteiger partial charge in [-0.25, -0.2) is 0 Å². The minimum absolute atomic E-state index is 0.0527. The van der Waals surface area contributed by atoms with Gasteiger partial charge in [0.25, 0.3) is 0 Å². The molecule has 0 amide bonds. The maximum atomic E-state index is 11.9. The molecule has 8 nitrogen and oxygen atoms in total. The molecule has 2 aromatic heterocycles. The van der Waals surface area contributed by atoms with Gasteiger partial charge in [0, 0.05) is 23.4 Å². The Morgan fingerprint density at radius 2 is 1.79 bits per heavy atom. The summed E-state index contributed by atoms with van der Waals surface area (Å²) in [4.78, 5) is 27.0. The summed E-state index contributed by atoms with van der Waals surface area (Å²) in [5, 5.41) is 20.1. The summed E-state index contributed by atoms with van der Waals surface area (Å²) in [6, 6.07) is 19.0. The molecule has 0 aliphatic rings. The van der Waals surface area contributed by atoms with Gasteiger partial charge >= 0.3 is 5.97 Å². The Morgan fingerprint density at radius 3 is 2.47 bits per heavy atom. The molecule has 8 heteroatoms. The molecule has 1 N–H and O–H groups in total. The summed E-state index contributed by atoms with van der Waals surface area (Å²) in [5.74, 6) is -0.794. The van der Waals surface area contributed by atoms with E-state index >= 15 is 0 Å². The van der Waals surface area contributed by atoms with Crippen LogP contribution in [0.4, 0.5) is 0 Å². The molecule has 0 fully saturated rings. The number of pyridine rings is 1. The minimum Gasteiger partial charge on any atom is -0.481 e. The van der Waals surface area contributed by atoms with Crippen LogP contribution in [0.1, 0.15) is 52.2 Å². The average Bonchev–Trinajstić information content (AvgIpc) is 3.28. The van der Waals surface area contributed by atoms with Gasteiger partial charge < -0.3 is 9.52 Å². The molecule has 34 heavy (non-hydrogen) atoms. The van der Waals surface area contributed by atoms with Gasteiger partial charge in [0.15, 0.2) is 0 Å². The van der Waals surface area contributed by atoms with Crippen LogP contribution in [-0.4, -0.2) is 26.3 Å². The number of nitrogens with zero attached hydrogens (tertiary/aromatic N) is 4. The molecule has 0 spiro atoms. The van der Waals surface area contributed by atoms with E-state index in [-0.39, 0.29) is 24.1 Å². The monoisotopic (exact) mass is 456 g/mol. The van der Waals surface area contributed by atoms with Crippen molar-refractivity contribution in [2.45, 2.75) is 38.6 Å². The number of benzene rings is 2. The molecule has 0 saturated carbocycles. The van der Waals surface area contributed by atoms with E-state index in [1.54, 1.807) is 6.20 Å². The van der Waals surface area contributed by atoms with Crippen LogP contribution >= 0.6 is 0 Å². The Balaban J connectivity index is 1.67.